The number of carbonyl (C=O) groups is 1. The van der Waals surface area contributed by atoms with Crippen LogP contribution in [0.5, 0.6) is 0 Å². The van der Waals surface area contributed by atoms with Crippen molar-refractivity contribution in [3.63, 3.8) is 0 Å². The molecule has 0 radical (unpaired) electrons. The minimum atomic E-state index is -1.21. The molecular formula is C41H75NO4. The number of rotatable bonds is 34. The summed E-state index contributed by atoms with van der Waals surface area (Å²) in [4.78, 5) is 12.3. The second-order valence-electron chi connectivity index (χ2n) is 13.1. The topological polar surface area (TPSA) is 89.8 Å². The first-order valence-corrected chi connectivity index (χ1v) is 19.5. The summed E-state index contributed by atoms with van der Waals surface area (Å²) in [5.41, 5.74) is 0. The van der Waals surface area contributed by atoms with Crippen LogP contribution >= 0.6 is 0 Å². The van der Waals surface area contributed by atoms with Crippen LogP contribution in [0.25, 0.3) is 0 Å². The first-order chi connectivity index (χ1) is 22.6. The van der Waals surface area contributed by atoms with E-state index in [1.807, 2.05) is 12.2 Å². The van der Waals surface area contributed by atoms with Crippen molar-refractivity contribution >= 4 is 5.91 Å². The summed E-state index contributed by atoms with van der Waals surface area (Å²) in [5.74, 6) is -0.582. The van der Waals surface area contributed by atoms with Gasteiger partial charge in [-0.2, -0.15) is 0 Å². The summed E-state index contributed by atoms with van der Waals surface area (Å²) in [6.45, 7) is 4.11. The Kier molecular flexibility index (Phi) is 34.8. The van der Waals surface area contributed by atoms with Gasteiger partial charge in [0, 0.05) is 6.42 Å². The molecule has 0 aliphatic heterocycles. The Morgan fingerprint density at radius 2 is 0.957 bits per heavy atom. The average molecular weight is 646 g/mol. The first kappa shape index (κ1) is 44.3. The van der Waals surface area contributed by atoms with E-state index in [1.165, 1.54) is 128 Å². The maximum Gasteiger partial charge on any atom is 0.249 e. The maximum absolute atomic E-state index is 12.3. The van der Waals surface area contributed by atoms with Gasteiger partial charge in [0.25, 0.3) is 0 Å². The van der Waals surface area contributed by atoms with Gasteiger partial charge in [-0.05, 0) is 44.9 Å². The monoisotopic (exact) mass is 646 g/mol. The molecule has 0 aliphatic carbocycles. The third-order valence-corrected chi connectivity index (χ3v) is 8.65. The molecule has 5 nitrogen and oxygen atoms in total. The third-order valence-electron chi connectivity index (χ3n) is 8.65. The van der Waals surface area contributed by atoms with Crippen molar-refractivity contribution in [3.05, 3.63) is 48.6 Å². The third kappa shape index (κ3) is 30.9. The molecule has 46 heavy (non-hydrogen) atoms. The molecule has 0 rings (SSSR count). The van der Waals surface area contributed by atoms with Gasteiger partial charge in [-0.1, -0.05) is 178 Å². The highest BCUT2D eigenvalue weighted by atomic mass is 16.3. The maximum atomic E-state index is 12.3. The van der Waals surface area contributed by atoms with Gasteiger partial charge in [0.15, 0.2) is 0 Å². The predicted molar refractivity (Wildman–Crippen MR) is 199 cm³/mol. The van der Waals surface area contributed by atoms with Crippen LogP contribution in [0.4, 0.5) is 0 Å². The molecule has 0 aliphatic rings. The SMILES string of the molecule is CCCCCCCC/C=C\C/C=C\CC(O)C(=O)NC(CO)C(O)/C=C/CC/C=C/CCCCCCCCCCCCCCCC. The summed E-state index contributed by atoms with van der Waals surface area (Å²) >= 11 is 0. The Morgan fingerprint density at radius 3 is 1.46 bits per heavy atom. The largest absolute Gasteiger partial charge is 0.394 e. The van der Waals surface area contributed by atoms with Crippen molar-refractivity contribution in [2.24, 2.45) is 0 Å². The summed E-state index contributed by atoms with van der Waals surface area (Å²) in [6, 6.07) is -0.844. The zero-order valence-corrected chi connectivity index (χ0v) is 30.2. The van der Waals surface area contributed by atoms with E-state index in [4.69, 9.17) is 0 Å². The lowest BCUT2D eigenvalue weighted by Crippen LogP contribution is -2.48. The van der Waals surface area contributed by atoms with Gasteiger partial charge in [0.05, 0.1) is 18.8 Å². The van der Waals surface area contributed by atoms with Crippen LogP contribution < -0.4 is 5.32 Å². The Bertz CT molecular complexity index is 760. The van der Waals surface area contributed by atoms with Crippen LogP contribution in [-0.4, -0.2) is 46.1 Å². The van der Waals surface area contributed by atoms with Crippen molar-refractivity contribution in [1.82, 2.24) is 5.32 Å². The number of unbranched alkanes of at least 4 members (excludes halogenated alkanes) is 21. The Hall–Kier alpha value is -1.69. The zero-order chi connectivity index (χ0) is 33.8. The molecule has 5 heteroatoms. The Balaban J connectivity index is 3.83. The molecule has 0 fully saturated rings. The van der Waals surface area contributed by atoms with Crippen molar-refractivity contribution in [2.75, 3.05) is 6.61 Å². The quantitative estimate of drug-likeness (QED) is 0.0414. The van der Waals surface area contributed by atoms with Gasteiger partial charge in [0.1, 0.15) is 6.10 Å². The van der Waals surface area contributed by atoms with Crippen molar-refractivity contribution < 1.29 is 20.1 Å². The van der Waals surface area contributed by atoms with Crippen LogP contribution in [0, 0.1) is 0 Å². The van der Waals surface area contributed by atoms with Gasteiger partial charge in [-0.25, -0.2) is 0 Å². The molecule has 3 unspecified atom stereocenters. The minimum absolute atomic E-state index is 0.201. The number of amides is 1. The number of carbonyl (C=O) groups excluding carboxylic acids is 1. The number of hydrogen-bond acceptors (Lipinski definition) is 4. The summed E-state index contributed by atoms with van der Waals surface area (Å²) in [6.07, 6.45) is 45.8. The fourth-order valence-corrected chi connectivity index (χ4v) is 5.54. The van der Waals surface area contributed by atoms with E-state index in [1.54, 1.807) is 12.2 Å². The molecule has 4 N–H and O–H groups in total. The molecule has 0 aromatic carbocycles. The highest BCUT2D eigenvalue weighted by Gasteiger charge is 2.22. The van der Waals surface area contributed by atoms with Crippen LogP contribution in [0.3, 0.4) is 0 Å². The average Bonchev–Trinajstić information content (AvgIpc) is 3.06. The van der Waals surface area contributed by atoms with Crippen molar-refractivity contribution in [3.8, 4) is 0 Å². The number of allylic oxidation sites excluding steroid dienone is 6. The van der Waals surface area contributed by atoms with Gasteiger partial charge < -0.3 is 20.6 Å². The second kappa shape index (κ2) is 36.2. The zero-order valence-electron chi connectivity index (χ0n) is 30.2. The summed E-state index contributed by atoms with van der Waals surface area (Å²) in [7, 11) is 0. The highest BCUT2D eigenvalue weighted by Crippen LogP contribution is 2.14. The Labute approximate surface area is 285 Å². The number of aliphatic hydroxyl groups excluding tert-OH is 3. The molecule has 0 saturated carbocycles. The molecule has 0 bridgehead atoms. The normalized spacial score (nSPS) is 14.3. The molecule has 1 amide bonds. The Morgan fingerprint density at radius 1 is 0.543 bits per heavy atom. The predicted octanol–water partition coefficient (Wildman–Crippen LogP) is 10.6. The number of aliphatic hydroxyl groups is 3. The molecule has 0 aromatic rings. The van der Waals surface area contributed by atoms with Gasteiger partial charge in [-0.3, -0.25) is 4.79 Å². The minimum Gasteiger partial charge on any atom is -0.394 e. The number of hydrogen-bond donors (Lipinski definition) is 4. The van der Waals surface area contributed by atoms with E-state index in [0.717, 1.165) is 32.1 Å². The molecule has 0 heterocycles. The van der Waals surface area contributed by atoms with E-state index < -0.39 is 30.8 Å². The van der Waals surface area contributed by atoms with Crippen LogP contribution in [0.15, 0.2) is 48.6 Å². The van der Waals surface area contributed by atoms with E-state index in [2.05, 4.69) is 43.5 Å². The van der Waals surface area contributed by atoms with Gasteiger partial charge >= 0.3 is 0 Å². The fraction of sp³-hybridized carbons (Fsp3) is 0.780. The fourth-order valence-electron chi connectivity index (χ4n) is 5.54. The molecular weight excluding hydrogens is 570 g/mol. The van der Waals surface area contributed by atoms with E-state index >= 15 is 0 Å². The van der Waals surface area contributed by atoms with Crippen LogP contribution in [-0.2, 0) is 4.79 Å². The lowest BCUT2D eigenvalue weighted by Gasteiger charge is -2.21. The first-order valence-electron chi connectivity index (χ1n) is 19.5. The van der Waals surface area contributed by atoms with Crippen LogP contribution in [0.2, 0.25) is 0 Å². The highest BCUT2D eigenvalue weighted by molar-refractivity contribution is 5.81. The van der Waals surface area contributed by atoms with Gasteiger partial charge in [0.2, 0.25) is 5.91 Å². The van der Waals surface area contributed by atoms with Crippen molar-refractivity contribution in [2.45, 2.75) is 199 Å². The van der Waals surface area contributed by atoms with E-state index in [0.29, 0.717) is 0 Å². The van der Waals surface area contributed by atoms with Crippen molar-refractivity contribution in [1.29, 1.82) is 0 Å². The smallest absolute Gasteiger partial charge is 0.249 e. The molecule has 268 valence electrons. The van der Waals surface area contributed by atoms with Gasteiger partial charge in [-0.15, -0.1) is 0 Å². The lowest BCUT2D eigenvalue weighted by atomic mass is 10.0. The second-order valence-corrected chi connectivity index (χ2v) is 13.1. The molecule has 0 aromatic heterocycles. The molecule has 0 saturated heterocycles. The number of nitrogens with one attached hydrogen (secondary N) is 1. The standard InChI is InChI=1S/C41H75NO4/c1-3-5-7-9-11-13-15-17-18-19-20-21-22-23-24-26-27-29-31-33-35-39(44)38(37-43)42-41(46)40(45)36-34-32-30-28-25-16-14-12-10-8-6-4-2/h25-28,32-35,38-40,43-45H,3-24,29-31,36-37H2,1-2H3,(H,42,46)/b27-26+,28-25-,34-32-,35-33+. The summed E-state index contributed by atoms with van der Waals surface area (Å²) in [5, 5.41) is 32.8. The lowest BCUT2D eigenvalue weighted by molar-refractivity contribution is -0.131. The van der Waals surface area contributed by atoms with Crippen LogP contribution in [0.1, 0.15) is 181 Å². The molecule has 3 atom stereocenters. The summed E-state index contributed by atoms with van der Waals surface area (Å²) < 4.78 is 0. The molecule has 0 spiro atoms. The van der Waals surface area contributed by atoms with E-state index in [9.17, 15) is 20.1 Å². The van der Waals surface area contributed by atoms with E-state index in [-0.39, 0.29) is 6.42 Å².